The molecular weight excluding hydrogens is 166 g/mol. The van der Waals surface area contributed by atoms with Crippen LogP contribution in [0.15, 0.2) is 0 Å². The molecule has 0 spiro atoms. The summed E-state index contributed by atoms with van der Waals surface area (Å²) in [6.07, 6.45) is 2.58. The van der Waals surface area contributed by atoms with E-state index < -0.39 is 0 Å². The molecule has 0 aromatic heterocycles. The van der Waals surface area contributed by atoms with E-state index in [1.165, 1.54) is 32.5 Å². The Bertz CT molecular complexity index is 149. The van der Waals surface area contributed by atoms with Crippen molar-refractivity contribution in [3.8, 4) is 0 Å². The maximum absolute atomic E-state index is 5.52. The van der Waals surface area contributed by atoms with E-state index in [2.05, 4.69) is 11.8 Å². The zero-order valence-corrected chi connectivity index (χ0v) is 8.37. The molecule has 3 nitrogen and oxygen atoms in total. The van der Waals surface area contributed by atoms with E-state index in [0.717, 1.165) is 13.2 Å². The average Bonchev–Trinajstić information content (AvgIpc) is 2.71. The third kappa shape index (κ3) is 2.22. The molecule has 2 saturated heterocycles. The molecule has 2 aliphatic heterocycles. The summed E-state index contributed by atoms with van der Waals surface area (Å²) in [6, 6.07) is 0. The average molecular weight is 185 g/mol. The van der Waals surface area contributed by atoms with Gasteiger partial charge >= 0.3 is 0 Å². The van der Waals surface area contributed by atoms with E-state index in [4.69, 9.17) is 9.47 Å². The van der Waals surface area contributed by atoms with Gasteiger partial charge in [-0.05, 0) is 32.5 Å². The van der Waals surface area contributed by atoms with Crippen molar-refractivity contribution in [2.75, 3.05) is 32.8 Å². The number of piperidine rings is 1. The van der Waals surface area contributed by atoms with Gasteiger partial charge in [-0.1, -0.05) is 6.92 Å². The first kappa shape index (κ1) is 9.44. The Morgan fingerprint density at radius 1 is 1.15 bits per heavy atom. The van der Waals surface area contributed by atoms with Crippen LogP contribution >= 0.6 is 0 Å². The molecule has 0 atom stereocenters. The molecule has 0 bridgehead atoms. The molecule has 0 aromatic carbocycles. The van der Waals surface area contributed by atoms with Crippen LogP contribution < -0.4 is 0 Å². The number of likely N-dealkylation sites (tertiary alicyclic amines) is 1. The maximum Gasteiger partial charge on any atom is 0.160 e. The van der Waals surface area contributed by atoms with Crippen LogP contribution in [0.3, 0.4) is 0 Å². The molecule has 0 aromatic rings. The van der Waals surface area contributed by atoms with Gasteiger partial charge in [0.15, 0.2) is 6.29 Å². The quantitative estimate of drug-likeness (QED) is 0.643. The van der Waals surface area contributed by atoms with Crippen molar-refractivity contribution in [2.45, 2.75) is 26.1 Å². The molecule has 0 radical (unpaired) electrons. The predicted molar refractivity (Wildman–Crippen MR) is 50.5 cm³/mol. The molecule has 0 saturated carbocycles. The zero-order valence-electron chi connectivity index (χ0n) is 8.37. The van der Waals surface area contributed by atoms with Crippen LogP contribution in [-0.4, -0.2) is 44.0 Å². The number of hydrogen-bond donors (Lipinski definition) is 0. The molecule has 2 rings (SSSR count). The number of rotatable bonds is 2. The Labute approximate surface area is 80.0 Å². The lowest BCUT2D eigenvalue weighted by Gasteiger charge is -2.32. The zero-order chi connectivity index (χ0) is 9.10. The fraction of sp³-hybridized carbons (Fsp3) is 1.00. The highest BCUT2D eigenvalue weighted by Crippen LogP contribution is 2.25. The van der Waals surface area contributed by atoms with Gasteiger partial charge in [-0.25, -0.2) is 0 Å². The number of ether oxygens (including phenoxy) is 2. The molecule has 0 amide bonds. The Morgan fingerprint density at radius 3 is 2.31 bits per heavy atom. The largest absolute Gasteiger partial charge is 0.350 e. The van der Waals surface area contributed by atoms with Gasteiger partial charge in [-0.2, -0.15) is 0 Å². The van der Waals surface area contributed by atoms with Gasteiger partial charge in [0, 0.05) is 5.92 Å². The highest BCUT2D eigenvalue weighted by Gasteiger charge is 2.29. The standard InChI is InChI=1S/C10H19NO2/c1-2-11-5-3-9(4-6-11)10-12-7-8-13-10/h9-10H,2-8H2,1H3. The van der Waals surface area contributed by atoms with Crippen LogP contribution in [-0.2, 0) is 9.47 Å². The molecule has 0 N–H and O–H groups in total. The summed E-state index contributed by atoms with van der Waals surface area (Å²) in [5.41, 5.74) is 0. The van der Waals surface area contributed by atoms with Gasteiger partial charge in [0.2, 0.25) is 0 Å². The lowest BCUT2D eigenvalue weighted by atomic mass is 9.96. The topological polar surface area (TPSA) is 21.7 Å². The number of hydrogen-bond acceptors (Lipinski definition) is 3. The summed E-state index contributed by atoms with van der Waals surface area (Å²) < 4.78 is 11.0. The van der Waals surface area contributed by atoms with Crippen LogP contribution in [0.2, 0.25) is 0 Å². The van der Waals surface area contributed by atoms with E-state index in [9.17, 15) is 0 Å². The SMILES string of the molecule is CCN1CCC(C2OCCO2)CC1. The molecule has 2 aliphatic rings. The summed E-state index contributed by atoms with van der Waals surface area (Å²) in [5.74, 6) is 0.644. The van der Waals surface area contributed by atoms with E-state index in [0.29, 0.717) is 5.92 Å². The van der Waals surface area contributed by atoms with Crippen LogP contribution in [0, 0.1) is 5.92 Å². The Morgan fingerprint density at radius 2 is 1.77 bits per heavy atom. The summed E-state index contributed by atoms with van der Waals surface area (Å²) in [5, 5.41) is 0. The second kappa shape index (κ2) is 4.40. The van der Waals surface area contributed by atoms with Gasteiger partial charge in [0.25, 0.3) is 0 Å². The molecular formula is C10H19NO2. The summed E-state index contributed by atoms with van der Waals surface area (Å²) in [4.78, 5) is 2.49. The van der Waals surface area contributed by atoms with Crippen LogP contribution in [0.4, 0.5) is 0 Å². The third-order valence-electron chi connectivity index (χ3n) is 3.11. The van der Waals surface area contributed by atoms with Crippen molar-refractivity contribution in [1.82, 2.24) is 4.90 Å². The monoisotopic (exact) mass is 185 g/mol. The van der Waals surface area contributed by atoms with Crippen molar-refractivity contribution >= 4 is 0 Å². The number of nitrogens with zero attached hydrogens (tertiary/aromatic N) is 1. The molecule has 13 heavy (non-hydrogen) atoms. The first-order valence-electron chi connectivity index (χ1n) is 5.35. The van der Waals surface area contributed by atoms with Crippen LogP contribution in [0.25, 0.3) is 0 Å². The second-order valence-electron chi connectivity index (χ2n) is 3.88. The lowest BCUT2D eigenvalue weighted by molar-refractivity contribution is -0.0971. The predicted octanol–water partition coefficient (Wildman–Crippen LogP) is 1.09. The fourth-order valence-electron chi connectivity index (χ4n) is 2.19. The molecule has 0 aliphatic carbocycles. The Kier molecular flexibility index (Phi) is 3.19. The third-order valence-corrected chi connectivity index (χ3v) is 3.11. The Hall–Kier alpha value is -0.120. The van der Waals surface area contributed by atoms with Crippen molar-refractivity contribution in [3.63, 3.8) is 0 Å². The highest BCUT2D eigenvalue weighted by atomic mass is 16.7. The summed E-state index contributed by atoms with van der Waals surface area (Å²) in [7, 11) is 0. The van der Waals surface area contributed by atoms with Crippen LogP contribution in [0.1, 0.15) is 19.8 Å². The molecule has 0 unspecified atom stereocenters. The molecule has 2 fully saturated rings. The van der Waals surface area contributed by atoms with Gasteiger partial charge in [0.1, 0.15) is 0 Å². The van der Waals surface area contributed by atoms with E-state index in [1.54, 1.807) is 0 Å². The minimum absolute atomic E-state index is 0.110. The van der Waals surface area contributed by atoms with Crippen molar-refractivity contribution in [2.24, 2.45) is 5.92 Å². The van der Waals surface area contributed by atoms with E-state index in [-0.39, 0.29) is 6.29 Å². The molecule has 2 heterocycles. The Balaban J connectivity index is 1.77. The maximum atomic E-state index is 5.52. The normalized spacial score (nSPS) is 28.4. The van der Waals surface area contributed by atoms with E-state index in [1.807, 2.05) is 0 Å². The van der Waals surface area contributed by atoms with Crippen molar-refractivity contribution in [1.29, 1.82) is 0 Å². The summed E-state index contributed by atoms with van der Waals surface area (Å²) in [6.45, 7) is 7.41. The molecule has 76 valence electrons. The minimum atomic E-state index is 0.110. The highest BCUT2D eigenvalue weighted by molar-refractivity contribution is 4.75. The van der Waals surface area contributed by atoms with Gasteiger partial charge in [-0.3, -0.25) is 0 Å². The fourth-order valence-corrected chi connectivity index (χ4v) is 2.19. The molecule has 3 heteroatoms. The first-order valence-corrected chi connectivity index (χ1v) is 5.35. The first-order chi connectivity index (χ1) is 6.40. The van der Waals surface area contributed by atoms with Gasteiger partial charge < -0.3 is 14.4 Å². The minimum Gasteiger partial charge on any atom is -0.350 e. The summed E-state index contributed by atoms with van der Waals surface area (Å²) >= 11 is 0. The lowest BCUT2D eigenvalue weighted by Crippen LogP contribution is -2.37. The van der Waals surface area contributed by atoms with Gasteiger partial charge in [0.05, 0.1) is 13.2 Å². The second-order valence-corrected chi connectivity index (χ2v) is 3.88. The van der Waals surface area contributed by atoms with Crippen molar-refractivity contribution < 1.29 is 9.47 Å². The van der Waals surface area contributed by atoms with Gasteiger partial charge in [-0.15, -0.1) is 0 Å². The van der Waals surface area contributed by atoms with Crippen LogP contribution in [0.5, 0.6) is 0 Å². The van der Waals surface area contributed by atoms with E-state index >= 15 is 0 Å². The smallest absolute Gasteiger partial charge is 0.160 e. The van der Waals surface area contributed by atoms with Crippen molar-refractivity contribution in [3.05, 3.63) is 0 Å².